The summed E-state index contributed by atoms with van der Waals surface area (Å²) in [6.45, 7) is 0.451. The average Bonchev–Trinajstić information content (AvgIpc) is 3.30. The molecule has 1 amide bonds. The predicted molar refractivity (Wildman–Crippen MR) is 121 cm³/mol. The van der Waals surface area contributed by atoms with E-state index in [0.717, 1.165) is 22.4 Å². The van der Waals surface area contributed by atoms with Crippen LogP contribution in [0.25, 0.3) is 11.3 Å². The number of carbonyl (C=O) groups excluding carboxylic acids is 1. The Kier molecular flexibility index (Phi) is 6.40. The third-order valence-corrected chi connectivity index (χ3v) is 4.72. The molecule has 7 heteroatoms. The van der Waals surface area contributed by atoms with Crippen molar-refractivity contribution in [3.8, 4) is 17.0 Å². The molecule has 0 fully saturated rings. The lowest BCUT2D eigenvalue weighted by molar-refractivity contribution is 0.0950. The minimum Gasteiger partial charge on any atom is -0.489 e. The minimum atomic E-state index is -0.367. The molecule has 1 aromatic heterocycles. The first-order chi connectivity index (χ1) is 15.2. The first kappa shape index (κ1) is 20.4. The Morgan fingerprint density at radius 3 is 2.52 bits per heavy atom. The van der Waals surface area contributed by atoms with E-state index in [4.69, 9.17) is 16.3 Å². The number of hydrogen-bond donors (Lipinski definition) is 2. The number of H-pyrrole nitrogens is 1. The van der Waals surface area contributed by atoms with Gasteiger partial charge in [0.05, 0.1) is 11.9 Å². The topological polar surface area (TPSA) is 79.4 Å². The first-order valence-electron chi connectivity index (χ1n) is 9.59. The van der Waals surface area contributed by atoms with Gasteiger partial charge in [-0.2, -0.15) is 10.2 Å². The number of nitrogens with one attached hydrogen (secondary N) is 2. The maximum atomic E-state index is 12.3. The zero-order chi connectivity index (χ0) is 21.5. The number of hydrazone groups is 1. The number of amides is 1. The second-order valence-corrected chi connectivity index (χ2v) is 7.15. The fourth-order valence-corrected chi connectivity index (χ4v) is 2.95. The van der Waals surface area contributed by atoms with Crippen LogP contribution in [-0.4, -0.2) is 22.3 Å². The highest BCUT2D eigenvalue weighted by atomic mass is 35.5. The van der Waals surface area contributed by atoms with Gasteiger partial charge in [0.15, 0.2) is 0 Å². The van der Waals surface area contributed by atoms with Crippen LogP contribution in [0.3, 0.4) is 0 Å². The largest absolute Gasteiger partial charge is 0.489 e. The van der Waals surface area contributed by atoms with Crippen LogP contribution in [0.2, 0.25) is 5.02 Å². The summed E-state index contributed by atoms with van der Waals surface area (Å²) in [5.41, 5.74) is 6.26. The molecular weight excluding hydrogens is 412 g/mol. The molecule has 0 bridgehead atoms. The monoisotopic (exact) mass is 430 g/mol. The highest BCUT2D eigenvalue weighted by molar-refractivity contribution is 6.30. The van der Waals surface area contributed by atoms with Crippen LogP contribution in [0.15, 0.2) is 90.0 Å². The molecule has 0 aliphatic rings. The van der Waals surface area contributed by atoms with Crippen molar-refractivity contribution in [3.05, 3.63) is 107 Å². The molecule has 3 aromatic carbocycles. The number of aromatic nitrogens is 2. The smallest absolute Gasteiger partial charge is 0.289 e. The van der Waals surface area contributed by atoms with E-state index in [0.29, 0.717) is 23.0 Å². The molecule has 31 heavy (non-hydrogen) atoms. The van der Waals surface area contributed by atoms with E-state index >= 15 is 0 Å². The molecule has 0 saturated heterocycles. The van der Waals surface area contributed by atoms with Gasteiger partial charge in [0.2, 0.25) is 0 Å². The summed E-state index contributed by atoms with van der Waals surface area (Å²) in [7, 11) is 0. The van der Waals surface area contributed by atoms with Gasteiger partial charge in [0, 0.05) is 10.6 Å². The van der Waals surface area contributed by atoms with E-state index in [2.05, 4.69) is 20.7 Å². The molecule has 0 unspecified atom stereocenters. The lowest BCUT2D eigenvalue weighted by Crippen LogP contribution is -2.17. The summed E-state index contributed by atoms with van der Waals surface area (Å²) >= 11 is 5.90. The van der Waals surface area contributed by atoms with Crippen LogP contribution in [0.1, 0.15) is 21.6 Å². The van der Waals surface area contributed by atoms with Gasteiger partial charge >= 0.3 is 0 Å². The second kappa shape index (κ2) is 9.73. The van der Waals surface area contributed by atoms with Gasteiger partial charge in [0.25, 0.3) is 5.91 Å². The average molecular weight is 431 g/mol. The molecule has 154 valence electrons. The molecule has 0 spiro atoms. The summed E-state index contributed by atoms with van der Waals surface area (Å²) in [5.74, 6) is 0.372. The summed E-state index contributed by atoms with van der Waals surface area (Å²) in [6.07, 6.45) is 1.58. The maximum absolute atomic E-state index is 12.3. The Morgan fingerprint density at radius 1 is 1.03 bits per heavy atom. The van der Waals surface area contributed by atoms with Crippen LogP contribution >= 0.6 is 11.6 Å². The van der Waals surface area contributed by atoms with Crippen molar-refractivity contribution in [2.24, 2.45) is 5.10 Å². The van der Waals surface area contributed by atoms with E-state index in [1.54, 1.807) is 12.3 Å². The summed E-state index contributed by atoms with van der Waals surface area (Å²) in [4.78, 5) is 12.3. The van der Waals surface area contributed by atoms with Gasteiger partial charge in [-0.05, 0) is 53.6 Å². The van der Waals surface area contributed by atoms with Crippen molar-refractivity contribution >= 4 is 23.7 Å². The molecule has 4 aromatic rings. The molecule has 0 radical (unpaired) electrons. The maximum Gasteiger partial charge on any atom is 0.289 e. The molecule has 0 atom stereocenters. The number of benzene rings is 3. The molecule has 0 aliphatic carbocycles. The van der Waals surface area contributed by atoms with E-state index in [1.807, 2.05) is 78.9 Å². The van der Waals surface area contributed by atoms with Crippen molar-refractivity contribution in [1.82, 2.24) is 15.6 Å². The lowest BCUT2D eigenvalue weighted by atomic mass is 10.1. The quantitative estimate of drug-likeness (QED) is 0.317. The van der Waals surface area contributed by atoms with Crippen LogP contribution < -0.4 is 10.2 Å². The first-order valence-corrected chi connectivity index (χ1v) is 9.97. The Labute approximate surface area is 184 Å². The van der Waals surface area contributed by atoms with Crippen LogP contribution in [0.4, 0.5) is 0 Å². The number of aromatic amines is 1. The molecule has 4 rings (SSSR count). The van der Waals surface area contributed by atoms with Crippen molar-refractivity contribution in [2.45, 2.75) is 6.61 Å². The van der Waals surface area contributed by atoms with Gasteiger partial charge < -0.3 is 4.74 Å². The molecule has 1 heterocycles. The zero-order valence-electron chi connectivity index (χ0n) is 16.5. The van der Waals surface area contributed by atoms with E-state index in [1.165, 1.54) is 0 Å². The standard InChI is InChI=1S/C24H19ClN4O2/c25-20-10-6-18(7-11-20)16-31-21-12-8-19(9-13-21)22-14-23(28-27-22)24(30)29-26-15-17-4-2-1-3-5-17/h1-15H,16H2,(H,27,28)(H,29,30)/b26-15+. The highest BCUT2D eigenvalue weighted by Gasteiger charge is 2.10. The zero-order valence-corrected chi connectivity index (χ0v) is 17.2. The summed E-state index contributed by atoms with van der Waals surface area (Å²) < 4.78 is 5.80. The fraction of sp³-hybridized carbons (Fsp3) is 0.0417. The summed E-state index contributed by atoms with van der Waals surface area (Å²) in [6, 6.07) is 26.2. The van der Waals surface area contributed by atoms with Gasteiger partial charge in [-0.25, -0.2) is 5.43 Å². The number of carbonyl (C=O) groups is 1. The Balaban J connectivity index is 1.34. The van der Waals surface area contributed by atoms with Gasteiger partial charge in [0.1, 0.15) is 18.1 Å². The molecule has 6 nitrogen and oxygen atoms in total. The Hall–Kier alpha value is -3.90. The molecular formula is C24H19ClN4O2. The van der Waals surface area contributed by atoms with E-state index < -0.39 is 0 Å². The highest BCUT2D eigenvalue weighted by Crippen LogP contribution is 2.22. The number of rotatable bonds is 7. The van der Waals surface area contributed by atoms with Crippen LogP contribution in [0, 0.1) is 0 Å². The number of hydrogen-bond acceptors (Lipinski definition) is 4. The molecule has 0 aliphatic heterocycles. The van der Waals surface area contributed by atoms with Gasteiger partial charge in [-0.3, -0.25) is 9.89 Å². The Bertz CT molecular complexity index is 1170. The SMILES string of the molecule is O=C(N/N=C/c1ccccc1)c1cc(-c2ccc(OCc3ccc(Cl)cc3)cc2)n[nH]1. The fourth-order valence-electron chi connectivity index (χ4n) is 2.82. The van der Waals surface area contributed by atoms with Crippen molar-refractivity contribution < 1.29 is 9.53 Å². The van der Waals surface area contributed by atoms with Crippen LogP contribution in [-0.2, 0) is 6.61 Å². The normalized spacial score (nSPS) is 10.9. The number of ether oxygens (including phenoxy) is 1. The molecule has 0 saturated carbocycles. The minimum absolute atomic E-state index is 0.322. The molecule has 2 N–H and O–H groups in total. The second-order valence-electron chi connectivity index (χ2n) is 6.72. The summed E-state index contributed by atoms with van der Waals surface area (Å²) in [5, 5.41) is 11.6. The lowest BCUT2D eigenvalue weighted by Gasteiger charge is -2.07. The Morgan fingerprint density at radius 2 is 1.77 bits per heavy atom. The number of nitrogens with zero attached hydrogens (tertiary/aromatic N) is 2. The third kappa shape index (κ3) is 5.58. The van der Waals surface area contributed by atoms with Gasteiger partial charge in [-0.15, -0.1) is 0 Å². The van der Waals surface area contributed by atoms with Crippen molar-refractivity contribution in [2.75, 3.05) is 0 Å². The van der Waals surface area contributed by atoms with E-state index in [9.17, 15) is 4.79 Å². The van der Waals surface area contributed by atoms with Crippen molar-refractivity contribution in [1.29, 1.82) is 0 Å². The van der Waals surface area contributed by atoms with Crippen LogP contribution in [0.5, 0.6) is 5.75 Å². The third-order valence-electron chi connectivity index (χ3n) is 4.47. The number of halogens is 1. The van der Waals surface area contributed by atoms with Gasteiger partial charge in [-0.1, -0.05) is 54.1 Å². The predicted octanol–water partition coefficient (Wildman–Crippen LogP) is 5.07. The van der Waals surface area contributed by atoms with Crippen molar-refractivity contribution in [3.63, 3.8) is 0 Å². The van der Waals surface area contributed by atoms with E-state index in [-0.39, 0.29) is 5.91 Å².